The molecule has 1 saturated heterocycles. The minimum atomic E-state index is -0.482. The Morgan fingerprint density at radius 3 is 2.59 bits per heavy atom. The standard InChI is InChI=1S/C21H26N4O4/c26-21(22-10-4-5-11-24-12-14-29-15-13-24)17-8-9-19(20(16-17)25(27)28)23-18-6-2-1-3-7-18/h1-3,6-9,16,23H,4-5,10-15H2,(H,22,26). The van der Waals surface area contributed by atoms with Crippen LogP contribution < -0.4 is 10.6 Å². The van der Waals surface area contributed by atoms with Gasteiger partial charge in [-0.2, -0.15) is 0 Å². The van der Waals surface area contributed by atoms with E-state index in [1.165, 1.54) is 6.07 Å². The Balaban J connectivity index is 1.52. The largest absolute Gasteiger partial charge is 0.379 e. The van der Waals surface area contributed by atoms with Gasteiger partial charge in [0.05, 0.1) is 18.1 Å². The average Bonchev–Trinajstić information content (AvgIpc) is 2.75. The zero-order valence-corrected chi connectivity index (χ0v) is 16.3. The molecule has 0 saturated carbocycles. The van der Waals surface area contributed by atoms with Gasteiger partial charge in [-0.1, -0.05) is 18.2 Å². The zero-order valence-electron chi connectivity index (χ0n) is 16.3. The highest BCUT2D eigenvalue weighted by Crippen LogP contribution is 2.28. The van der Waals surface area contributed by atoms with Crippen molar-refractivity contribution < 1.29 is 14.5 Å². The van der Waals surface area contributed by atoms with Crippen LogP contribution in [0.3, 0.4) is 0 Å². The summed E-state index contributed by atoms with van der Waals surface area (Å²) in [6.45, 7) is 5.01. The van der Waals surface area contributed by atoms with Gasteiger partial charge in [-0.15, -0.1) is 0 Å². The lowest BCUT2D eigenvalue weighted by Crippen LogP contribution is -2.37. The number of carbonyl (C=O) groups excluding carboxylic acids is 1. The molecule has 1 heterocycles. The summed E-state index contributed by atoms with van der Waals surface area (Å²) >= 11 is 0. The third-order valence-corrected chi connectivity index (χ3v) is 4.80. The van der Waals surface area contributed by atoms with E-state index < -0.39 is 4.92 Å². The van der Waals surface area contributed by atoms with E-state index in [0.717, 1.165) is 51.4 Å². The zero-order chi connectivity index (χ0) is 20.5. The molecule has 0 aliphatic carbocycles. The molecule has 0 radical (unpaired) electrons. The highest BCUT2D eigenvalue weighted by atomic mass is 16.6. The molecule has 0 aromatic heterocycles. The van der Waals surface area contributed by atoms with Crippen LogP contribution >= 0.6 is 0 Å². The van der Waals surface area contributed by atoms with E-state index in [4.69, 9.17) is 4.74 Å². The SMILES string of the molecule is O=C(NCCCCN1CCOCC1)c1ccc(Nc2ccccc2)c([N+](=O)[O-])c1. The average molecular weight is 398 g/mol. The van der Waals surface area contributed by atoms with Crippen LogP contribution in [0.2, 0.25) is 0 Å². The van der Waals surface area contributed by atoms with Gasteiger partial charge in [0.15, 0.2) is 0 Å². The molecule has 154 valence electrons. The topological polar surface area (TPSA) is 96.7 Å². The predicted molar refractivity (Wildman–Crippen MR) is 112 cm³/mol. The first-order valence-electron chi connectivity index (χ1n) is 9.82. The van der Waals surface area contributed by atoms with Crippen LogP contribution in [0.4, 0.5) is 17.1 Å². The molecule has 8 heteroatoms. The number of nitrogens with one attached hydrogen (secondary N) is 2. The third-order valence-electron chi connectivity index (χ3n) is 4.80. The third kappa shape index (κ3) is 6.27. The molecule has 1 aliphatic rings. The summed E-state index contributed by atoms with van der Waals surface area (Å²) in [7, 11) is 0. The van der Waals surface area contributed by atoms with Crippen molar-refractivity contribution in [3.63, 3.8) is 0 Å². The molecule has 2 aromatic rings. The van der Waals surface area contributed by atoms with Crippen LogP contribution in [-0.4, -0.2) is 55.1 Å². The Hall–Kier alpha value is -2.97. The fourth-order valence-electron chi connectivity index (χ4n) is 3.20. The number of anilines is 2. The second-order valence-corrected chi connectivity index (χ2v) is 6.90. The Kier molecular flexibility index (Phi) is 7.54. The van der Waals surface area contributed by atoms with Gasteiger partial charge >= 0.3 is 0 Å². The maximum Gasteiger partial charge on any atom is 0.293 e. The van der Waals surface area contributed by atoms with Crippen LogP contribution in [0, 0.1) is 10.1 Å². The Labute approximate surface area is 170 Å². The van der Waals surface area contributed by atoms with Gasteiger partial charge in [0.1, 0.15) is 5.69 Å². The van der Waals surface area contributed by atoms with Crippen molar-refractivity contribution in [2.24, 2.45) is 0 Å². The second-order valence-electron chi connectivity index (χ2n) is 6.90. The van der Waals surface area contributed by atoms with E-state index in [9.17, 15) is 14.9 Å². The van der Waals surface area contributed by atoms with Crippen LogP contribution in [0.1, 0.15) is 23.2 Å². The van der Waals surface area contributed by atoms with Crippen LogP contribution in [0.15, 0.2) is 48.5 Å². The van der Waals surface area contributed by atoms with Crippen molar-refractivity contribution in [1.29, 1.82) is 0 Å². The predicted octanol–water partition coefficient (Wildman–Crippen LogP) is 3.18. The number of ether oxygens (including phenoxy) is 1. The van der Waals surface area contributed by atoms with Crippen LogP contribution in [0.25, 0.3) is 0 Å². The van der Waals surface area contributed by atoms with Crippen molar-refractivity contribution >= 4 is 23.0 Å². The molecule has 8 nitrogen and oxygen atoms in total. The van der Waals surface area contributed by atoms with E-state index in [1.807, 2.05) is 30.3 Å². The maximum atomic E-state index is 12.4. The van der Waals surface area contributed by atoms with Gasteiger partial charge in [-0.3, -0.25) is 19.8 Å². The summed E-state index contributed by atoms with van der Waals surface area (Å²) < 4.78 is 5.32. The highest BCUT2D eigenvalue weighted by molar-refractivity contribution is 5.95. The number of para-hydroxylation sites is 1. The van der Waals surface area contributed by atoms with Crippen LogP contribution in [-0.2, 0) is 4.74 Å². The molecular formula is C21H26N4O4. The van der Waals surface area contributed by atoms with E-state index in [1.54, 1.807) is 12.1 Å². The number of hydrogen-bond donors (Lipinski definition) is 2. The van der Waals surface area contributed by atoms with Crippen molar-refractivity contribution in [2.75, 3.05) is 44.7 Å². The molecule has 3 rings (SSSR count). The van der Waals surface area contributed by atoms with Gasteiger partial charge in [-0.25, -0.2) is 0 Å². The van der Waals surface area contributed by atoms with Crippen molar-refractivity contribution in [3.05, 3.63) is 64.2 Å². The molecule has 0 atom stereocenters. The van der Waals surface area contributed by atoms with Crippen molar-refractivity contribution in [3.8, 4) is 0 Å². The molecule has 2 N–H and O–H groups in total. The molecule has 0 bridgehead atoms. The fourth-order valence-corrected chi connectivity index (χ4v) is 3.20. The number of amides is 1. The molecule has 0 spiro atoms. The Morgan fingerprint density at radius 2 is 1.86 bits per heavy atom. The molecule has 2 aromatic carbocycles. The van der Waals surface area contributed by atoms with E-state index in [0.29, 0.717) is 12.2 Å². The monoisotopic (exact) mass is 398 g/mol. The fraction of sp³-hybridized carbons (Fsp3) is 0.381. The summed E-state index contributed by atoms with van der Waals surface area (Å²) in [5.41, 5.74) is 1.24. The summed E-state index contributed by atoms with van der Waals surface area (Å²) in [6.07, 6.45) is 1.85. The summed E-state index contributed by atoms with van der Waals surface area (Å²) in [5.74, 6) is -0.300. The number of hydrogen-bond acceptors (Lipinski definition) is 6. The number of nitrogens with zero attached hydrogens (tertiary/aromatic N) is 2. The minimum Gasteiger partial charge on any atom is -0.379 e. The van der Waals surface area contributed by atoms with E-state index >= 15 is 0 Å². The van der Waals surface area contributed by atoms with Gasteiger partial charge < -0.3 is 15.4 Å². The normalized spacial score (nSPS) is 14.3. The first-order valence-corrected chi connectivity index (χ1v) is 9.82. The second kappa shape index (κ2) is 10.5. The number of benzene rings is 2. The van der Waals surface area contributed by atoms with E-state index in [-0.39, 0.29) is 17.2 Å². The highest BCUT2D eigenvalue weighted by Gasteiger charge is 2.18. The molecule has 29 heavy (non-hydrogen) atoms. The van der Waals surface area contributed by atoms with Gasteiger partial charge in [0.25, 0.3) is 11.6 Å². The van der Waals surface area contributed by atoms with Crippen molar-refractivity contribution in [1.82, 2.24) is 10.2 Å². The quantitative estimate of drug-likeness (QED) is 0.383. The Bertz CT molecular complexity index is 823. The number of nitro benzene ring substituents is 1. The number of nitro groups is 1. The molecule has 1 amide bonds. The minimum absolute atomic E-state index is 0.131. The van der Waals surface area contributed by atoms with Crippen LogP contribution in [0.5, 0.6) is 0 Å². The lowest BCUT2D eigenvalue weighted by molar-refractivity contribution is -0.383. The Morgan fingerprint density at radius 1 is 1.10 bits per heavy atom. The van der Waals surface area contributed by atoms with Gasteiger partial charge in [0.2, 0.25) is 0 Å². The lowest BCUT2D eigenvalue weighted by Gasteiger charge is -2.26. The number of rotatable bonds is 9. The molecule has 1 aliphatic heterocycles. The maximum absolute atomic E-state index is 12.4. The van der Waals surface area contributed by atoms with E-state index in [2.05, 4.69) is 15.5 Å². The molecular weight excluding hydrogens is 372 g/mol. The first-order chi connectivity index (χ1) is 14.1. The number of carbonyl (C=O) groups is 1. The number of unbranched alkanes of at least 4 members (excludes halogenated alkanes) is 1. The molecule has 0 unspecified atom stereocenters. The summed E-state index contributed by atoms with van der Waals surface area (Å²) in [6, 6.07) is 13.7. The molecule has 1 fully saturated rings. The van der Waals surface area contributed by atoms with Gasteiger partial charge in [0, 0.05) is 37.0 Å². The van der Waals surface area contributed by atoms with Crippen molar-refractivity contribution in [2.45, 2.75) is 12.8 Å². The smallest absolute Gasteiger partial charge is 0.293 e. The lowest BCUT2D eigenvalue weighted by atomic mass is 10.1. The summed E-state index contributed by atoms with van der Waals surface area (Å²) in [4.78, 5) is 25.7. The summed E-state index contributed by atoms with van der Waals surface area (Å²) in [5, 5.41) is 17.3. The van der Waals surface area contributed by atoms with Gasteiger partial charge in [-0.05, 0) is 43.7 Å². The number of morpholine rings is 1. The first kappa shape index (κ1) is 20.8.